The molecule has 162 valence electrons. The Morgan fingerprint density at radius 2 is 1.71 bits per heavy atom. The number of hydrogen-bond acceptors (Lipinski definition) is 4. The zero-order chi connectivity index (χ0) is 22.5. The van der Waals surface area contributed by atoms with Crippen LogP contribution in [0.5, 0.6) is 0 Å². The van der Waals surface area contributed by atoms with Gasteiger partial charge in [0.2, 0.25) is 5.91 Å². The average molecular weight is 422 g/mol. The third-order valence-corrected chi connectivity index (χ3v) is 4.76. The summed E-state index contributed by atoms with van der Waals surface area (Å²) >= 11 is 0. The summed E-state index contributed by atoms with van der Waals surface area (Å²) in [6.45, 7) is 8.07. The summed E-state index contributed by atoms with van der Waals surface area (Å²) in [6.07, 6.45) is -0.0131. The fourth-order valence-corrected chi connectivity index (χ4v) is 3.47. The fourth-order valence-electron chi connectivity index (χ4n) is 3.47. The van der Waals surface area contributed by atoms with Crippen LogP contribution in [0, 0.1) is 0 Å². The topological polar surface area (TPSA) is 105 Å². The summed E-state index contributed by atoms with van der Waals surface area (Å²) in [4.78, 5) is 35.7. The summed E-state index contributed by atoms with van der Waals surface area (Å²) in [5.41, 5.74) is 5.50. The number of amides is 3. The number of carbonyl (C=O) groups is 3. The van der Waals surface area contributed by atoms with Gasteiger partial charge in [0.05, 0.1) is 6.42 Å². The summed E-state index contributed by atoms with van der Waals surface area (Å²) < 4.78 is 2.24. The molecule has 0 unspecified atom stereocenters. The van der Waals surface area contributed by atoms with Gasteiger partial charge in [-0.15, -0.1) is 0 Å². The lowest BCUT2D eigenvalue weighted by atomic mass is 10.1. The van der Waals surface area contributed by atoms with E-state index in [-0.39, 0.29) is 18.4 Å². The Kier molecular flexibility index (Phi) is 6.69. The van der Waals surface area contributed by atoms with Crippen LogP contribution in [0.2, 0.25) is 0 Å². The highest BCUT2D eigenvalue weighted by molar-refractivity contribution is 6.35. The lowest BCUT2D eigenvalue weighted by molar-refractivity contribution is -0.139. The van der Waals surface area contributed by atoms with E-state index in [1.165, 1.54) is 0 Å². The van der Waals surface area contributed by atoms with Crippen LogP contribution < -0.4 is 16.1 Å². The van der Waals surface area contributed by atoms with Crippen LogP contribution in [0.15, 0.2) is 47.6 Å². The quantitative estimate of drug-likeness (QED) is 0.323. The first-order chi connectivity index (χ1) is 14.8. The van der Waals surface area contributed by atoms with Crippen molar-refractivity contribution in [1.82, 2.24) is 15.3 Å². The van der Waals surface area contributed by atoms with Crippen molar-refractivity contribution >= 4 is 50.9 Å². The molecule has 0 saturated carbocycles. The largest absolute Gasteiger partial charge is 0.346 e. The number of rotatable bonds is 6. The van der Waals surface area contributed by atoms with Crippen LogP contribution >= 0.6 is 0 Å². The van der Waals surface area contributed by atoms with Gasteiger partial charge in [-0.1, -0.05) is 18.2 Å². The molecule has 0 fully saturated rings. The van der Waals surface area contributed by atoms with Gasteiger partial charge in [0, 0.05) is 45.8 Å². The molecule has 2 aromatic carbocycles. The molecule has 0 aliphatic carbocycles. The number of aryl methyl sites for hydroxylation is 1. The van der Waals surface area contributed by atoms with Gasteiger partial charge in [0.1, 0.15) is 0 Å². The van der Waals surface area contributed by atoms with E-state index in [4.69, 9.17) is 0 Å². The highest BCUT2D eigenvalue weighted by Crippen LogP contribution is 2.30. The van der Waals surface area contributed by atoms with Gasteiger partial charge < -0.3 is 15.2 Å². The molecule has 3 amide bonds. The number of nitrogens with zero attached hydrogens (tertiary/aromatic N) is 2. The summed E-state index contributed by atoms with van der Waals surface area (Å²) in [6, 6.07) is 13.9. The van der Waals surface area contributed by atoms with Crippen LogP contribution in [0.3, 0.4) is 0 Å². The molecule has 0 spiro atoms. The van der Waals surface area contributed by atoms with Gasteiger partial charge in [0.15, 0.2) is 0 Å². The number of hydrazone groups is 1. The maximum absolute atomic E-state index is 12.4. The minimum absolute atomic E-state index is 0.0131. The van der Waals surface area contributed by atoms with Crippen molar-refractivity contribution in [3.8, 4) is 0 Å². The number of benzene rings is 2. The fraction of sp³-hybridized carbons (Fsp3) is 0.304. The summed E-state index contributed by atoms with van der Waals surface area (Å²) in [5, 5.41) is 11.4. The van der Waals surface area contributed by atoms with Gasteiger partial charge in [-0.3, -0.25) is 14.4 Å². The highest BCUT2D eigenvalue weighted by Gasteiger charge is 2.14. The first-order valence-corrected chi connectivity index (χ1v) is 10.2. The third kappa shape index (κ3) is 5.09. The lowest BCUT2D eigenvalue weighted by Gasteiger charge is -2.08. The van der Waals surface area contributed by atoms with E-state index in [1.54, 1.807) is 20.8 Å². The molecule has 0 bridgehead atoms. The van der Waals surface area contributed by atoms with Crippen LogP contribution in [-0.2, 0) is 20.9 Å². The molecule has 31 heavy (non-hydrogen) atoms. The predicted molar refractivity (Wildman–Crippen MR) is 123 cm³/mol. The van der Waals surface area contributed by atoms with Crippen molar-refractivity contribution in [2.45, 2.75) is 46.7 Å². The van der Waals surface area contributed by atoms with Crippen LogP contribution in [0.1, 0.15) is 34.1 Å². The second-order valence-electron chi connectivity index (χ2n) is 7.63. The maximum atomic E-state index is 12.4. The van der Waals surface area contributed by atoms with Crippen molar-refractivity contribution in [3.05, 3.63) is 42.5 Å². The maximum Gasteiger partial charge on any atom is 0.329 e. The molecule has 0 atom stereocenters. The molecular formula is C23H27N5O3. The minimum Gasteiger partial charge on any atom is -0.346 e. The minimum atomic E-state index is -0.869. The molecule has 0 aliphatic heterocycles. The molecule has 3 rings (SSSR count). The Balaban J connectivity index is 1.68. The molecule has 1 heterocycles. The summed E-state index contributed by atoms with van der Waals surface area (Å²) in [5.74, 6) is -1.90. The van der Waals surface area contributed by atoms with E-state index in [1.807, 2.05) is 30.3 Å². The van der Waals surface area contributed by atoms with Crippen molar-refractivity contribution in [1.29, 1.82) is 0 Å². The monoisotopic (exact) mass is 421 g/mol. The lowest BCUT2D eigenvalue weighted by Crippen LogP contribution is -2.41. The van der Waals surface area contributed by atoms with E-state index in [2.05, 4.69) is 44.8 Å². The number of anilines is 1. The van der Waals surface area contributed by atoms with E-state index in [9.17, 15) is 14.4 Å². The Hall–Kier alpha value is -3.68. The SMILES string of the molecule is CCn1c2ccccc2c2cc(NC(=O)C/C(C)=N/NC(=O)C(=O)NC(C)C)ccc21. The van der Waals surface area contributed by atoms with Crippen LogP contribution in [0.25, 0.3) is 21.8 Å². The molecule has 3 N–H and O–H groups in total. The van der Waals surface area contributed by atoms with Gasteiger partial charge in [-0.2, -0.15) is 5.10 Å². The number of hydrogen-bond donors (Lipinski definition) is 3. The Bertz CT molecular complexity index is 1180. The smallest absolute Gasteiger partial charge is 0.329 e. The normalized spacial score (nSPS) is 11.7. The zero-order valence-electron chi connectivity index (χ0n) is 18.2. The highest BCUT2D eigenvalue weighted by atomic mass is 16.2. The van der Waals surface area contributed by atoms with E-state index in [0.717, 1.165) is 28.4 Å². The van der Waals surface area contributed by atoms with Crippen molar-refractivity contribution < 1.29 is 14.4 Å². The number of fused-ring (bicyclic) bond motifs is 3. The average Bonchev–Trinajstić information content (AvgIpc) is 3.04. The van der Waals surface area contributed by atoms with E-state index >= 15 is 0 Å². The standard InChI is InChI=1S/C23H27N5O3/c1-5-28-19-9-7-6-8-17(19)18-13-16(10-11-20(18)28)25-21(29)12-15(4)26-27-23(31)22(30)24-14(2)3/h6-11,13-14H,5,12H2,1-4H3,(H,24,30)(H,25,29)(H,27,31)/b26-15+. The third-order valence-electron chi connectivity index (χ3n) is 4.76. The van der Waals surface area contributed by atoms with Crippen LogP contribution in [-0.4, -0.2) is 34.0 Å². The molecule has 3 aromatic rings. The Morgan fingerprint density at radius 3 is 2.42 bits per heavy atom. The first-order valence-electron chi connectivity index (χ1n) is 10.2. The Labute approximate surface area is 180 Å². The van der Waals surface area contributed by atoms with Crippen molar-refractivity contribution in [3.63, 3.8) is 0 Å². The van der Waals surface area contributed by atoms with E-state index in [0.29, 0.717) is 11.4 Å². The number of para-hydroxylation sites is 1. The van der Waals surface area contributed by atoms with Crippen molar-refractivity contribution in [2.75, 3.05) is 5.32 Å². The second-order valence-corrected chi connectivity index (χ2v) is 7.63. The van der Waals surface area contributed by atoms with Gasteiger partial charge in [0.25, 0.3) is 0 Å². The molecule has 8 heteroatoms. The molecule has 0 aliphatic rings. The van der Waals surface area contributed by atoms with Crippen molar-refractivity contribution in [2.24, 2.45) is 5.10 Å². The molecular weight excluding hydrogens is 394 g/mol. The van der Waals surface area contributed by atoms with Gasteiger partial charge >= 0.3 is 11.8 Å². The number of carbonyl (C=O) groups excluding carboxylic acids is 3. The summed E-state index contributed by atoms with van der Waals surface area (Å²) in [7, 11) is 0. The molecule has 0 radical (unpaired) electrons. The number of aromatic nitrogens is 1. The number of nitrogens with one attached hydrogen (secondary N) is 3. The van der Waals surface area contributed by atoms with Gasteiger partial charge in [-0.05, 0) is 52.0 Å². The zero-order valence-corrected chi connectivity index (χ0v) is 18.2. The molecule has 1 aromatic heterocycles. The van der Waals surface area contributed by atoms with Crippen LogP contribution in [0.4, 0.5) is 5.69 Å². The van der Waals surface area contributed by atoms with Gasteiger partial charge in [-0.25, -0.2) is 5.43 Å². The second kappa shape index (κ2) is 9.42. The molecule has 0 saturated heterocycles. The first kappa shape index (κ1) is 22.0. The molecule has 8 nitrogen and oxygen atoms in total. The Morgan fingerprint density at radius 1 is 1.00 bits per heavy atom. The van der Waals surface area contributed by atoms with E-state index < -0.39 is 11.8 Å². The predicted octanol–water partition coefficient (Wildman–Crippen LogP) is 3.16.